The summed E-state index contributed by atoms with van der Waals surface area (Å²) in [7, 11) is 1.85. The van der Waals surface area contributed by atoms with Gasteiger partial charge in [0.2, 0.25) is 0 Å². The summed E-state index contributed by atoms with van der Waals surface area (Å²) in [5.74, 6) is 5.92. The van der Waals surface area contributed by atoms with Gasteiger partial charge in [-0.05, 0) is 0 Å². The monoisotopic (exact) mass is 508 g/mol. The van der Waals surface area contributed by atoms with Crippen molar-refractivity contribution in [3.05, 3.63) is 11.8 Å². The summed E-state index contributed by atoms with van der Waals surface area (Å²) in [6.45, 7) is 7.75. The van der Waals surface area contributed by atoms with Crippen LogP contribution in [0.4, 0.5) is 0 Å². The molecule has 0 spiro atoms. The van der Waals surface area contributed by atoms with Gasteiger partial charge in [-0.3, -0.25) is 0 Å². The van der Waals surface area contributed by atoms with Crippen LogP contribution in [-0.4, -0.2) is 28.2 Å². The van der Waals surface area contributed by atoms with Crippen LogP contribution in [0.2, 0.25) is 9.63 Å². The molecule has 0 aromatic heterocycles. The quantitative estimate of drug-likeness (QED) is 0.276. The molecular weight excluding hydrogens is 455 g/mol. The first-order chi connectivity index (χ1) is 15.0. The summed E-state index contributed by atoms with van der Waals surface area (Å²) in [4.78, 5) is 4.19. The molecule has 4 saturated carbocycles. The van der Waals surface area contributed by atoms with E-state index in [9.17, 15) is 0 Å². The molecule has 0 radical (unpaired) electrons. The van der Waals surface area contributed by atoms with Crippen molar-refractivity contribution in [2.24, 2.45) is 51.6 Å². The van der Waals surface area contributed by atoms with Gasteiger partial charge in [-0.25, -0.2) is 0 Å². The predicted octanol–water partition coefficient (Wildman–Crippen LogP) is 7.93. The van der Waals surface area contributed by atoms with Gasteiger partial charge in [-0.15, -0.1) is 0 Å². The van der Waals surface area contributed by atoms with Crippen molar-refractivity contribution in [1.82, 2.24) is 0 Å². The molecule has 0 bridgehead atoms. The molecule has 4 rings (SSSR count). The van der Waals surface area contributed by atoms with Crippen molar-refractivity contribution < 1.29 is 0 Å². The molecule has 0 amide bonds. The number of hydrogen-bond donors (Lipinski definition) is 1. The summed E-state index contributed by atoms with van der Waals surface area (Å²) in [6.07, 6.45) is 21.4. The molecule has 0 aliphatic heterocycles. The average Bonchev–Trinajstić information content (AvgIpc) is 3.13. The summed E-state index contributed by atoms with van der Waals surface area (Å²) < 4.78 is 0.786. The Bertz CT molecular complexity index is 668. The molecule has 4 aliphatic carbocycles. The third-order valence-electron chi connectivity index (χ3n) is 10.5. The summed E-state index contributed by atoms with van der Waals surface area (Å²) in [5.41, 5.74) is 7.64. The van der Waals surface area contributed by atoms with Gasteiger partial charge in [0.25, 0.3) is 0 Å². The van der Waals surface area contributed by atoms with Crippen LogP contribution in [0.1, 0.15) is 105 Å². The van der Waals surface area contributed by atoms with Crippen molar-refractivity contribution in [2.75, 3.05) is 7.05 Å². The van der Waals surface area contributed by atoms with E-state index in [1.165, 1.54) is 49.4 Å². The third kappa shape index (κ3) is 4.51. The van der Waals surface area contributed by atoms with Crippen molar-refractivity contribution in [1.29, 1.82) is 0 Å². The van der Waals surface area contributed by atoms with Crippen LogP contribution in [0.5, 0.6) is 0 Å². The maximum absolute atomic E-state index is 5.84. The van der Waals surface area contributed by atoms with E-state index in [0.29, 0.717) is 5.41 Å². The zero-order chi connectivity index (χ0) is 22.1. The molecule has 8 atom stereocenters. The van der Waals surface area contributed by atoms with Crippen LogP contribution in [0.3, 0.4) is 0 Å². The zero-order valence-electron chi connectivity index (χ0n) is 20.7. The molecular formula is C29H52N2Se. The standard InChI is InChI=1S/C28H48N2Se.CH4/c1-5-31-28-16-7-6-8-22(28)11-12-23-25-14-13-24(27(25,3)17-15-26(23)28)20(2)9-10-21(18-29)19-30-4;/h18-20,22-26H,5-17,29H2,1-4H3;1H4/b21-18-,30-19?;. The van der Waals surface area contributed by atoms with Crippen molar-refractivity contribution in [3.8, 4) is 0 Å². The number of allylic oxidation sites excluding steroid dienone is 1. The summed E-state index contributed by atoms with van der Waals surface area (Å²) >= 11 is 0.867. The Labute approximate surface area is 206 Å². The Balaban J connectivity index is 0.00000289. The summed E-state index contributed by atoms with van der Waals surface area (Å²) in [5, 5.41) is 1.46. The molecule has 184 valence electrons. The van der Waals surface area contributed by atoms with Gasteiger partial charge in [0.1, 0.15) is 0 Å². The number of aliphatic imine (C=N–C) groups is 1. The first-order valence-electron chi connectivity index (χ1n) is 13.5. The normalized spacial score (nSPS) is 42.6. The molecule has 32 heavy (non-hydrogen) atoms. The van der Waals surface area contributed by atoms with Crippen LogP contribution < -0.4 is 5.73 Å². The number of nitrogens with two attached hydrogens (primary N) is 1. The number of rotatable bonds is 7. The van der Waals surface area contributed by atoms with Crippen molar-refractivity contribution in [2.45, 2.75) is 115 Å². The van der Waals surface area contributed by atoms with E-state index in [2.05, 4.69) is 25.8 Å². The van der Waals surface area contributed by atoms with Gasteiger partial charge < -0.3 is 0 Å². The van der Waals surface area contributed by atoms with E-state index in [-0.39, 0.29) is 7.43 Å². The van der Waals surface area contributed by atoms with Crippen LogP contribution in [0.15, 0.2) is 16.8 Å². The van der Waals surface area contributed by atoms with Gasteiger partial charge in [0.05, 0.1) is 0 Å². The molecule has 0 aromatic carbocycles. The fraction of sp³-hybridized carbons (Fsp3) is 0.897. The fourth-order valence-corrected chi connectivity index (χ4v) is 13.1. The fourth-order valence-electron chi connectivity index (χ4n) is 9.30. The van der Waals surface area contributed by atoms with Gasteiger partial charge in [-0.1, -0.05) is 7.43 Å². The Kier molecular flexibility index (Phi) is 9.04. The Hall–Kier alpha value is -0.271. The Morgan fingerprint density at radius 2 is 1.91 bits per heavy atom. The second-order valence-electron chi connectivity index (χ2n) is 11.7. The first kappa shape index (κ1) is 26.3. The van der Waals surface area contributed by atoms with Gasteiger partial charge in [0.15, 0.2) is 0 Å². The molecule has 4 fully saturated rings. The van der Waals surface area contributed by atoms with Crippen LogP contribution in [0, 0.1) is 40.9 Å². The number of nitrogens with zero attached hydrogens (tertiary/aromatic N) is 1. The molecule has 3 heteroatoms. The molecule has 0 aromatic rings. The Morgan fingerprint density at radius 1 is 1.09 bits per heavy atom. The molecule has 4 aliphatic rings. The molecule has 2 nitrogen and oxygen atoms in total. The van der Waals surface area contributed by atoms with E-state index < -0.39 is 0 Å². The summed E-state index contributed by atoms with van der Waals surface area (Å²) in [6, 6.07) is 0. The van der Waals surface area contributed by atoms with Gasteiger partial charge >= 0.3 is 192 Å². The second-order valence-corrected chi connectivity index (χ2v) is 15.1. The number of hydrogen-bond acceptors (Lipinski definition) is 2. The van der Waals surface area contributed by atoms with E-state index in [0.717, 1.165) is 61.2 Å². The maximum atomic E-state index is 5.84. The van der Waals surface area contributed by atoms with Gasteiger partial charge in [0, 0.05) is 7.05 Å². The first-order valence-corrected chi connectivity index (χ1v) is 15.5. The molecule has 0 heterocycles. The van der Waals surface area contributed by atoms with Crippen molar-refractivity contribution in [3.63, 3.8) is 0 Å². The minimum absolute atomic E-state index is 0. The third-order valence-corrected chi connectivity index (χ3v) is 14.0. The minimum atomic E-state index is 0. The zero-order valence-corrected chi connectivity index (χ0v) is 22.5. The Morgan fingerprint density at radius 3 is 2.62 bits per heavy atom. The van der Waals surface area contributed by atoms with Crippen LogP contribution in [0.25, 0.3) is 0 Å². The number of fused-ring (bicyclic) bond motifs is 5. The van der Waals surface area contributed by atoms with E-state index >= 15 is 0 Å². The molecule has 8 unspecified atom stereocenters. The molecule has 0 saturated heterocycles. The topological polar surface area (TPSA) is 38.4 Å². The van der Waals surface area contributed by atoms with E-state index in [4.69, 9.17) is 5.73 Å². The van der Waals surface area contributed by atoms with Gasteiger partial charge in [-0.2, -0.15) is 0 Å². The van der Waals surface area contributed by atoms with Crippen molar-refractivity contribution >= 4 is 21.2 Å². The SMILES string of the molecule is C.CC[Se]C12CCCCC1CCC1C3CCC(C(C)CC/C(C=NC)=C/N)C3(C)CCC12. The predicted molar refractivity (Wildman–Crippen MR) is 142 cm³/mol. The van der Waals surface area contributed by atoms with Crippen LogP contribution in [-0.2, 0) is 0 Å². The molecule has 2 N–H and O–H groups in total. The second kappa shape index (κ2) is 11.0. The van der Waals surface area contributed by atoms with Crippen LogP contribution >= 0.6 is 0 Å². The van der Waals surface area contributed by atoms with E-state index in [1.54, 1.807) is 38.3 Å². The average molecular weight is 508 g/mol. The van der Waals surface area contributed by atoms with E-state index in [1.807, 2.05) is 13.3 Å².